The third-order valence-electron chi connectivity index (χ3n) is 0. The Morgan fingerprint density at radius 1 is 0.900 bits per heavy atom. The minimum Gasteiger partial charge on any atom is -0.870 e. The van der Waals surface area contributed by atoms with Gasteiger partial charge >= 0.3 is 73.1 Å². The molecule has 58 valence electrons. The second kappa shape index (κ2) is 47.0. The van der Waals surface area contributed by atoms with E-state index in [1.54, 1.807) is 0 Å². The third-order valence-corrected chi connectivity index (χ3v) is 0. The van der Waals surface area contributed by atoms with Crippen LogP contribution in [0.1, 0.15) is 0 Å². The molecular weight excluding hydrogens is 350 g/mol. The van der Waals surface area contributed by atoms with Crippen LogP contribution in [-0.4, -0.2) is 17.1 Å². The Bertz CT molecular complexity index is 40.6. The Balaban J connectivity index is -0.00000000300. The molecule has 0 aromatic carbocycles. The fourth-order valence-electron chi connectivity index (χ4n) is 0. The molecule has 10 heavy (non-hydrogen) atoms. The van der Waals surface area contributed by atoms with Gasteiger partial charge in [-0.25, -0.2) is 0 Å². The fraction of sp³-hybridized carbons (Fsp3) is 0. The Hall–Kier alpha value is 1.48. The molecule has 0 saturated heterocycles. The van der Waals surface area contributed by atoms with E-state index in [1.165, 1.54) is 0 Å². The number of carboxylic acid groups (broad SMARTS) is 2. The van der Waals surface area contributed by atoms with Crippen LogP contribution >= 0.6 is 0 Å². The first-order valence-corrected chi connectivity index (χ1v) is 0.612. The van der Waals surface area contributed by atoms with E-state index in [-0.39, 0.29) is 84.0 Å². The molecule has 0 unspecified atom stereocenters. The van der Waals surface area contributed by atoms with E-state index in [9.17, 15) is 0 Å². The molecule has 2 N–H and O–H groups in total. The number of hydrogen-bond donors (Lipinski definition) is 0. The Kier molecular flexibility index (Phi) is 295. The zero-order chi connectivity index (χ0) is 3.58. The van der Waals surface area contributed by atoms with Crippen LogP contribution in [0.4, 0.5) is 4.79 Å². The molecule has 0 aromatic heterocycles. The SMILES string of the molecule is O=C([O-])[O-].[Cu+2].[Cu+2].[OH-].[OH-].[Zn+2].[Zn+2]. The van der Waals surface area contributed by atoms with Crippen LogP contribution in [0.2, 0.25) is 0 Å². The quantitative estimate of drug-likeness (QED) is 0.436. The first-order chi connectivity index (χ1) is 1.73. The van der Waals surface area contributed by atoms with Crippen molar-refractivity contribution in [2.75, 3.05) is 0 Å². The summed E-state index contributed by atoms with van der Waals surface area (Å²) in [4.78, 5) is 8.33. The average molecular weight is 352 g/mol. The van der Waals surface area contributed by atoms with Crippen LogP contribution in [-0.2, 0) is 73.1 Å². The molecule has 0 saturated carbocycles. The topological polar surface area (TPSA) is 123 Å². The van der Waals surface area contributed by atoms with Gasteiger partial charge in [-0.1, -0.05) is 0 Å². The maximum atomic E-state index is 8.33. The van der Waals surface area contributed by atoms with Crippen LogP contribution < -0.4 is 10.2 Å². The average Bonchev–Trinajstić information content (AvgIpc) is 0.811. The minimum atomic E-state index is -2.33. The van der Waals surface area contributed by atoms with Crippen molar-refractivity contribution in [2.45, 2.75) is 0 Å². The van der Waals surface area contributed by atoms with Crippen LogP contribution in [0, 0.1) is 0 Å². The Morgan fingerprint density at radius 2 is 0.900 bits per heavy atom. The van der Waals surface area contributed by atoms with Gasteiger partial charge in [-0.05, 0) is 6.16 Å². The van der Waals surface area contributed by atoms with Crippen molar-refractivity contribution in [2.24, 2.45) is 0 Å². The van der Waals surface area contributed by atoms with Crippen molar-refractivity contribution in [1.82, 2.24) is 0 Å². The Morgan fingerprint density at radius 3 is 0.900 bits per heavy atom. The summed E-state index contributed by atoms with van der Waals surface area (Å²) in [6.45, 7) is 0. The Labute approximate surface area is 104 Å². The molecule has 2 radical (unpaired) electrons. The number of hydrogen-bond acceptors (Lipinski definition) is 5. The van der Waals surface area contributed by atoms with E-state index in [4.69, 9.17) is 15.0 Å². The summed E-state index contributed by atoms with van der Waals surface area (Å²) in [7, 11) is 0. The second-order valence-electron chi connectivity index (χ2n) is 0.250. The second-order valence-corrected chi connectivity index (χ2v) is 0.250. The normalized spacial score (nSPS) is 2.40. The van der Waals surface area contributed by atoms with Gasteiger partial charge in [-0.2, -0.15) is 0 Å². The standard InChI is InChI=1S/CH2O3.2Cu.2H2O.2Zn/c2-1(3)4;;;;;;/h(H2,2,3,4);;;2*1H2;;/q;2*+2;;;2*+2/p-4. The van der Waals surface area contributed by atoms with Crippen molar-refractivity contribution in [3.8, 4) is 0 Å². The van der Waals surface area contributed by atoms with Crippen molar-refractivity contribution >= 4 is 6.16 Å². The molecule has 0 amide bonds. The molecule has 9 heteroatoms. The third kappa shape index (κ3) is 313. The van der Waals surface area contributed by atoms with Crippen LogP contribution in [0.25, 0.3) is 0 Å². The summed E-state index contributed by atoms with van der Waals surface area (Å²) in [5, 5.41) is 16.7. The first kappa shape index (κ1) is 62.9. The smallest absolute Gasteiger partial charge is 0.870 e. The van der Waals surface area contributed by atoms with Crippen LogP contribution in [0.3, 0.4) is 0 Å². The van der Waals surface area contributed by atoms with Gasteiger partial charge in [-0.3, -0.25) is 0 Å². The molecule has 0 aliphatic rings. The van der Waals surface area contributed by atoms with Gasteiger partial charge in [0.15, 0.2) is 0 Å². The molecule has 0 spiro atoms. The van der Waals surface area contributed by atoms with Crippen molar-refractivity contribution in [3.63, 3.8) is 0 Å². The van der Waals surface area contributed by atoms with E-state index >= 15 is 0 Å². The minimum absolute atomic E-state index is 0. The predicted molar refractivity (Wildman–Crippen MR) is 9.27 cm³/mol. The van der Waals surface area contributed by atoms with E-state index in [0.717, 1.165) is 0 Å². The number of carbonyl (C=O) groups excluding carboxylic acids is 1. The van der Waals surface area contributed by atoms with E-state index in [1.807, 2.05) is 0 Å². The summed E-state index contributed by atoms with van der Waals surface area (Å²) < 4.78 is 0. The number of rotatable bonds is 0. The fourth-order valence-corrected chi connectivity index (χ4v) is 0. The molecule has 0 bridgehead atoms. The molecule has 0 aromatic rings. The molecule has 0 aliphatic carbocycles. The summed E-state index contributed by atoms with van der Waals surface area (Å²) in [5.74, 6) is 0. The van der Waals surface area contributed by atoms with Crippen molar-refractivity contribution in [3.05, 3.63) is 0 Å². The monoisotopic (exact) mass is 348 g/mol. The summed E-state index contributed by atoms with van der Waals surface area (Å²) in [6.07, 6.45) is -2.33. The molecule has 0 atom stereocenters. The molecule has 0 rings (SSSR count). The summed E-state index contributed by atoms with van der Waals surface area (Å²) in [6, 6.07) is 0. The van der Waals surface area contributed by atoms with Crippen molar-refractivity contribution < 1.29 is 99.1 Å². The number of carbonyl (C=O) groups is 1. The molecule has 0 aliphatic heterocycles. The molecule has 0 fully saturated rings. The zero-order valence-corrected chi connectivity index (χ0v) is 12.5. The maximum Gasteiger partial charge on any atom is 2.00 e. The maximum absolute atomic E-state index is 8.33. The molecule has 5 nitrogen and oxygen atoms in total. The summed E-state index contributed by atoms with van der Waals surface area (Å²) >= 11 is 0. The van der Waals surface area contributed by atoms with Crippen LogP contribution in [0.5, 0.6) is 0 Å². The van der Waals surface area contributed by atoms with Gasteiger partial charge in [-0.15, -0.1) is 0 Å². The van der Waals surface area contributed by atoms with Gasteiger partial charge in [0.1, 0.15) is 0 Å². The van der Waals surface area contributed by atoms with Crippen molar-refractivity contribution in [1.29, 1.82) is 0 Å². The van der Waals surface area contributed by atoms with Gasteiger partial charge < -0.3 is 26.0 Å². The van der Waals surface area contributed by atoms with E-state index < -0.39 is 6.16 Å². The van der Waals surface area contributed by atoms with E-state index in [2.05, 4.69) is 0 Å². The molecule has 0 heterocycles. The summed E-state index contributed by atoms with van der Waals surface area (Å²) in [5.41, 5.74) is 0. The zero-order valence-electron chi connectivity index (χ0n) is 4.64. The van der Waals surface area contributed by atoms with E-state index in [0.29, 0.717) is 0 Å². The predicted octanol–water partition coefficient (Wildman–Crippen LogP) is -2.81. The van der Waals surface area contributed by atoms with Gasteiger partial charge in [0.05, 0.1) is 0 Å². The van der Waals surface area contributed by atoms with Gasteiger partial charge in [0.25, 0.3) is 0 Å². The van der Waals surface area contributed by atoms with Gasteiger partial charge in [0.2, 0.25) is 0 Å². The largest absolute Gasteiger partial charge is 2.00 e. The first-order valence-electron chi connectivity index (χ1n) is 0.612. The van der Waals surface area contributed by atoms with Crippen LogP contribution in [0.15, 0.2) is 0 Å². The van der Waals surface area contributed by atoms with Gasteiger partial charge in [0, 0.05) is 0 Å². The molecular formula is CH2Cu2O5Zn2+4.